The second-order valence-corrected chi connectivity index (χ2v) is 5.17. The van der Waals surface area contributed by atoms with Crippen LogP contribution in [0.3, 0.4) is 0 Å². The summed E-state index contributed by atoms with van der Waals surface area (Å²) in [5, 5.41) is 0. The second-order valence-electron chi connectivity index (χ2n) is 5.17. The fourth-order valence-electron chi connectivity index (χ4n) is 2.93. The highest BCUT2D eigenvalue weighted by Gasteiger charge is 2.30. The Labute approximate surface area is 86.7 Å². The van der Waals surface area contributed by atoms with Gasteiger partial charge in [0, 0.05) is 18.5 Å². The third kappa shape index (κ3) is 1.46. The average molecular weight is 189 g/mol. The first-order valence-electron chi connectivity index (χ1n) is 5.28. The predicted molar refractivity (Wildman–Crippen MR) is 60.5 cm³/mol. The Balaban J connectivity index is 2.58. The molecule has 14 heavy (non-hydrogen) atoms. The third-order valence-electron chi connectivity index (χ3n) is 3.14. The van der Waals surface area contributed by atoms with Gasteiger partial charge in [-0.25, -0.2) is 0 Å². The number of aryl methyl sites for hydroxylation is 1. The Morgan fingerprint density at radius 2 is 2.00 bits per heavy atom. The van der Waals surface area contributed by atoms with Gasteiger partial charge in [-0.2, -0.15) is 0 Å². The summed E-state index contributed by atoms with van der Waals surface area (Å²) in [7, 11) is 2.20. The van der Waals surface area contributed by atoms with Gasteiger partial charge in [0.1, 0.15) is 0 Å². The van der Waals surface area contributed by atoms with Gasteiger partial charge in [0.2, 0.25) is 0 Å². The quantitative estimate of drug-likeness (QED) is 0.606. The Hall–Kier alpha value is -0.820. The molecule has 1 nitrogen and oxygen atoms in total. The van der Waals surface area contributed by atoms with Gasteiger partial charge in [0.15, 0.2) is 0 Å². The smallest absolute Gasteiger partial charge is 0.0234 e. The number of hydrogen-bond donors (Lipinski definition) is 0. The van der Waals surface area contributed by atoms with E-state index in [4.69, 9.17) is 0 Å². The Bertz CT molecular complexity index is 352. The van der Waals surface area contributed by atoms with Crippen molar-refractivity contribution >= 4 is 0 Å². The monoisotopic (exact) mass is 189 g/mol. The molecule has 1 heterocycles. The van der Waals surface area contributed by atoms with Crippen molar-refractivity contribution in [3.8, 4) is 0 Å². The maximum Gasteiger partial charge on any atom is 0.0234 e. The molecule has 0 saturated heterocycles. The molecule has 0 spiro atoms. The lowest BCUT2D eigenvalue weighted by atomic mass is 9.76. The molecule has 0 saturated carbocycles. The van der Waals surface area contributed by atoms with Crippen molar-refractivity contribution in [1.29, 1.82) is 0 Å². The summed E-state index contributed by atoms with van der Waals surface area (Å²) in [6.45, 7) is 9.17. The third-order valence-corrected chi connectivity index (χ3v) is 3.14. The summed E-state index contributed by atoms with van der Waals surface area (Å²) < 4.78 is 0. The van der Waals surface area contributed by atoms with Crippen LogP contribution < -0.4 is 0 Å². The maximum atomic E-state index is 2.40. The molecule has 0 unspecified atom stereocenters. The van der Waals surface area contributed by atoms with E-state index in [1.54, 1.807) is 5.56 Å². The van der Waals surface area contributed by atoms with Gasteiger partial charge >= 0.3 is 0 Å². The highest BCUT2D eigenvalue weighted by Crippen LogP contribution is 2.34. The minimum atomic E-state index is 0.299. The van der Waals surface area contributed by atoms with Crippen LogP contribution >= 0.6 is 0 Å². The van der Waals surface area contributed by atoms with Crippen molar-refractivity contribution in [2.75, 3.05) is 13.6 Å². The van der Waals surface area contributed by atoms with Crippen LogP contribution in [0.2, 0.25) is 0 Å². The lowest BCUT2D eigenvalue weighted by Crippen LogP contribution is -2.40. The zero-order valence-corrected chi connectivity index (χ0v) is 9.59. The average Bonchev–Trinajstić information content (AvgIpc) is 2.00. The SMILES string of the molecule is Cc1cccc2c1C(C)(C)CN(C)C2. The lowest BCUT2D eigenvalue weighted by Gasteiger charge is -2.39. The maximum absolute atomic E-state index is 2.40. The van der Waals surface area contributed by atoms with Gasteiger partial charge in [-0.1, -0.05) is 32.0 Å². The van der Waals surface area contributed by atoms with E-state index in [-0.39, 0.29) is 0 Å². The minimum absolute atomic E-state index is 0.299. The van der Waals surface area contributed by atoms with Gasteiger partial charge in [0.25, 0.3) is 0 Å². The van der Waals surface area contributed by atoms with Crippen LogP contribution in [0.15, 0.2) is 18.2 Å². The molecular weight excluding hydrogens is 170 g/mol. The second kappa shape index (κ2) is 3.09. The standard InChI is InChI=1S/C13H19N/c1-10-6-5-7-11-8-14(4)9-13(2,3)12(10)11/h5-7H,8-9H2,1-4H3. The van der Waals surface area contributed by atoms with Crippen LogP contribution in [0.4, 0.5) is 0 Å². The van der Waals surface area contributed by atoms with Crippen LogP contribution in [-0.4, -0.2) is 18.5 Å². The van der Waals surface area contributed by atoms with Crippen LogP contribution in [0, 0.1) is 6.92 Å². The number of fused-ring (bicyclic) bond motifs is 1. The van der Waals surface area contributed by atoms with Crippen LogP contribution in [0.1, 0.15) is 30.5 Å². The first kappa shape index (κ1) is 9.72. The molecular formula is C13H19N. The van der Waals surface area contributed by atoms with E-state index in [2.05, 4.69) is 50.9 Å². The van der Waals surface area contributed by atoms with E-state index in [1.807, 2.05) is 0 Å². The van der Waals surface area contributed by atoms with Gasteiger partial charge in [-0.15, -0.1) is 0 Å². The largest absolute Gasteiger partial charge is 0.301 e. The summed E-state index contributed by atoms with van der Waals surface area (Å²) in [6, 6.07) is 6.66. The van der Waals surface area contributed by atoms with Crippen LogP contribution in [-0.2, 0) is 12.0 Å². The number of benzene rings is 1. The zero-order chi connectivity index (χ0) is 10.3. The first-order chi connectivity index (χ1) is 6.50. The lowest BCUT2D eigenvalue weighted by molar-refractivity contribution is 0.235. The van der Waals surface area contributed by atoms with Crippen molar-refractivity contribution in [2.45, 2.75) is 32.7 Å². The van der Waals surface area contributed by atoms with Crippen molar-refractivity contribution in [1.82, 2.24) is 4.90 Å². The molecule has 1 aliphatic rings. The molecule has 0 amide bonds. The minimum Gasteiger partial charge on any atom is -0.301 e. The highest BCUT2D eigenvalue weighted by molar-refractivity contribution is 5.41. The Morgan fingerprint density at radius 3 is 2.71 bits per heavy atom. The summed E-state index contributed by atoms with van der Waals surface area (Å²) in [5.41, 5.74) is 4.82. The zero-order valence-electron chi connectivity index (χ0n) is 9.59. The number of rotatable bonds is 0. The highest BCUT2D eigenvalue weighted by atomic mass is 15.1. The van der Waals surface area contributed by atoms with Crippen molar-refractivity contribution < 1.29 is 0 Å². The summed E-state index contributed by atoms with van der Waals surface area (Å²) >= 11 is 0. The van der Waals surface area contributed by atoms with Crippen LogP contribution in [0.5, 0.6) is 0 Å². The summed E-state index contributed by atoms with van der Waals surface area (Å²) in [5.74, 6) is 0. The number of likely N-dealkylation sites (N-methyl/N-ethyl adjacent to an activating group) is 1. The molecule has 0 bridgehead atoms. The normalized spacial score (nSPS) is 20.6. The summed E-state index contributed by atoms with van der Waals surface area (Å²) in [4.78, 5) is 2.40. The van der Waals surface area contributed by atoms with Gasteiger partial charge in [-0.3, -0.25) is 0 Å². The fraction of sp³-hybridized carbons (Fsp3) is 0.538. The van der Waals surface area contributed by atoms with Crippen molar-refractivity contribution in [3.63, 3.8) is 0 Å². The van der Waals surface area contributed by atoms with E-state index < -0.39 is 0 Å². The molecule has 1 aromatic carbocycles. The molecule has 0 fully saturated rings. The van der Waals surface area contributed by atoms with E-state index in [0.29, 0.717) is 5.41 Å². The molecule has 1 aliphatic heterocycles. The molecule has 0 N–H and O–H groups in total. The van der Waals surface area contributed by atoms with E-state index in [9.17, 15) is 0 Å². The molecule has 2 rings (SSSR count). The molecule has 0 aromatic heterocycles. The van der Waals surface area contributed by atoms with Gasteiger partial charge < -0.3 is 4.90 Å². The van der Waals surface area contributed by atoms with E-state index in [0.717, 1.165) is 13.1 Å². The molecule has 0 radical (unpaired) electrons. The fourth-order valence-corrected chi connectivity index (χ4v) is 2.93. The van der Waals surface area contributed by atoms with Gasteiger partial charge in [0.05, 0.1) is 0 Å². The van der Waals surface area contributed by atoms with E-state index in [1.165, 1.54) is 11.1 Å². The molecule has 0 atom stereocenters. The van der Waals surface area contributed by atoms with E-state index >= 15 is 0 Å². The van der Waals surface area contributed by atoms with Crippen molar-refractivity contribution in [2.24, 2.45) is 0 Å². The molecule has 0 aliphatic carbocycles. The van der Waals surface area contributed by atoms with Crippen LogP contribution in [0.25, 0.3) is 0 Å². The Kier molecular flexibility index (Phi) is 2.15. The Morgan fingerprint density at radius 1 is 1.29 bits per heavy atom. The topological polar surface area (TPSA) is 3.24 Å². The molecule has 1 heteroatoms. The number of hydrogen-bond acceptors (Lipinski definition) is 1. The first-order valence-corrected chi connectivity index (χ1v) is 5.28. The van der Waals surface area contributed by atoms with Crippen molar-refractivity contribution in [3.05, 3.63) is 34.9 Å². The molecule has 1 aromatic rings. The predicted octanol–water partition coefficient (Wildman–Crippen LogP) is 2.72. The number of nitrogens with zero attached hydrogens (tertiary/aromatic N) is 1. The molecule has 76 valence electrons. The summed E-state index contributed by atoms with van der Waals surface area (Å²) in [6.07, 6.45) is 0. The van der Waals surface area contributed by atoms with Gasteiger partial charge in [-0.05, 0) is 30.7 Å².